The number of nitrogens with one attached hydrogen (secondary N) is 1. The van der Waals surface area contributed by atoms with Gasteiger partial charge in [-0.05, 0) is 0 Å². The minimum atomic E-state index is -0.357. The first-order valence-electron chi connectivity index (χ1n) is 5.24. The zero-order valence-electron chi connectivity index (χ0n) is 9.22. The summed E-state index contributed by atoms with van der Waals surface area (Å²) in [5.74, 6) is -0.357. The Hall–Kier alpha value is -1.72. The van der Waals surface area contributed by atoms with Gasteiger partial charge in [-0.15, -0.1) is 11.3 Å². The van der Waals surface area contributed by atoms with Gasteiger partial charge in [0.1, 0.15) is 5.01 Å². The molecular formula is C12H13N3OS. The lowest BCUT2D eigenvalue weighted by molar-refractivity contribution is -0.117. The van der Waals surface area contributed by atoms with Crippen LogP contribution in [0.15, 0.2) is 35.7 Å². The molecule has 3 N–H and O–H groups in total. The number of nitrogens with two attached hydrogens (primary N) is 1. The molecule has 1 amide bonds. The van der Waals surface area contributed by atoms with Gasteiger partial charge in [0.05, 0.1) is 12.2 Å². The number of rotatable bonds is 5. The molecule has 0 fully saturated rings. The smallest absolute Gasteiger partial charge is 0.231 e. The van der Waals surface area contributed by atoms with Crippen LogP contribution in [-0.4, -0.2) is 17.4 Å². The molecule has 88 valence electrons. The van der Waals surface area contributed by atoms with E-state index < -0.39 is 0 Å². The van der Waals surface area contributed by atoms with Gasteiger partial charge in [-0.25, -0.2) is 4.98 Å². The maximum absolute atomic E-state index is 10.6. The molecule has 1 heterocycles. The largest absolute Gasteiger partial charge is 0.369 e. The van der Waals surface area contributed by atoms with Crippen molar-refractivity contribution in [2.75, 3.05) is 6.54 Å². The highest BCUT2D eigenvalue weighted by Gasteiger charge is 2.04. The first-order valence-corrected chi connectivity index (χ1v) is 6.12. The third kappa shape index (κ3) is 3.37. The Balaban J connectivity index is 1.99. The van der Waals surface area contributed by atoms with Crippen LogP contribution in [-0.2, 0) is 11.3 Å². The van der Waals surface area contributed by atoms with E-state index in [-0.39, 0.29) is 12.5 Å². The predicted octanol–water partition coefficient (Wildman–Crippen LogP) is 1.38. The molecule has 0 saturated heterocycles. The van der Waals surface area contributed by atoms with E-state index in [9.17, 15) is 4.79 Å². The maximum atomic E-state index is 10.6. The quantitative estimate of drug-likeness (QED) is 0.839. The zero-order chi connectivity index (χ0) is 12.1. The SMILES string of the molecule is NC(=O)CNCc1nc(-c2ccccc2)cs1. The molecule has 0 aliphatic rings. The Morgan fingerprint density at radius 1 is 1.35 bits per heavy atom. The Kier molecular flexibility index (Phi) is 3.85. The van der Waals surface area contributed by atoms with Crippen molar-refractivity contribution in [3.63, 3.8) is 0 Å². The van der Waals surface area contributed by atoms with E-state index in [1.165, 1.54) is 0 Å². The lowest BCUT2D eigenvalue weighted by Gasteiger charge is -1.98. The molecule has 0 atom stereocenters. The van der Waals surface area contributed by atoms with Gasteiger partial charge in [0.2, 0.25) is 5.91 Å². The number of benzene rings is 1. The Morgan fingerprint density at radius 2 is 2.12 bits per heavy atom. The van der Waals surface area contributed by atoms with Gasteiger partial charge in [0.15, 0.2) is 0 Å². The van der Waals surface area contributed by atoms with Crippen LogP contribution in [0.5, 0.6) is 0 Å². The van der Waals surface area contributed by atoms with Crippen molar-refractivity contribution < 1.29 is 4.79 Å². The fourth-order valence-corrected chi connectivity index (χ4v) is 2.20. The van der Waals surface area contributed by atoms with Crippen molar-refractivity contribution in [1.29, 1.82) is 0 Å². The fourth-order valence-electron chi connectivity index (χ4n) is 1.43. The number of hydrogen-bond donors (Lipinski definition) is 2. The Bertz CT molecular complexity index is 495. The van der Waals surface area contributed by atoms with Crippen LogP contribution in [0.25, 0.3) is 11.3 Å². The second-order valence-corrected chi connectivity index (χ2v) is 4.51. The molecule has 0 unspecified atom stereocenters. The monoisotopic (exact) mass is 247 g/mol. The van der Waals surface area contributed by atoms with Gasteiger partial charge in [-0.2, -0.15) is 0 Å². The number of amides is 1. The average molecular weight is 247 g/mol. The molecule has 17 heavy (non-hydrogen) atoms. The van der Waals surface area contributed by atoms with Crippen molar-refractivity contribution in [2.45, 2.75) is 6.54 Å². The maximum Gasteiger partial charge on any atom is 0.231 e. The zero-order valence-corrected chi connectivity index (χ0v) is 10.0. The summed E-state index contributed by atoms with van der Waals surface area (Å²) in [7, 11) is 0. The van der Waals surface area contributed by atoms with E-state index >= 15 is 0 Å². The highest BCUT2D eigenvalue weighted by atomic mass is 32.1. The molecule has 0 aliphatic heterocycles. The van der Waals surface area contributed by atoms with Gasteiger partial charge in [0, 0.05) is 17.5 Å². The third-order valence-corrected chi connectivity index (χ3v) is 3.05. The topological polar surface area (TPSA) is 68.0 Å². The predicted molar refractivity (Wildman–Crippen MR) is 68.5 cm³/mol. The van der Waals surface area contributed by atoms with Crippen LogP contribution in [0.1, 0.15) is 5.01 Å². The highest BCUT2D eigenvalue weighted by Crippen LogP contribution is 2.21. The van der Waals surface area contributed by atoms with Gasteiger partial charge >= 0.3 is 0 Å². The molecule has 0 radical (unpaired) electrons. The molecule has 2 aromatic rings. The summed E-state index contributed by atoms with van der Waals surface area (Å²) >= 11 is 1.57. The standard InChI is InChI=1S/C12H13N3OS/c13-11(16)6-14-7-12-15-10(8-17-12)9-4-2-1-3-5-9/h1-5,8,14H,6-7H2,(H2,13,16). The second-order valence-electron chi connectivity index (χ2n) is 3.56. The average Bonchev–Trinajstić information content (AvgIpc) is 2.78. The van der Waals surface area contributed by atoms with Gasteiger partial charge in [-0.3, -0.25) is 4.79 Å². The molecule has 1 aromatic heterocycles. The van der Waals surface area contributed by atoms with Crippen LogP contribution in [0, 0.1) is 0 Å². The van der Waals surface area contributed by atoms with E-state index in [0.717, 1.165) is 16.3 Å². The Morgan fingerprint density at radius 3 is 2.82 bits per heavy atom. The number of hydrogen-bond acceptors (Lipinski definition) is 4. The Labute approximate surface area is 103 Å². The van der Waals surface area contributed by atoms with E-state index in [1.807, 2.05) is 35.7 Å². The number of nitrogens with zero attached hydrogens (tertiary/aromatic N) is 1. The number of aromatic nitrogens is 1. The minimum Gasteiger partial charge on any atom is -0.369 e. The summed E-state index contributed by atoms with van der Waals surface area (Å²) in [4.78, 5) is 15.0. The third-order valence-electron chi connectivity index (χ3n) is 2.20. The normalized spacial score (nSPS) is 10.4. The molecule has 5 heteroatoms. The number of primary amides is 1. The summed E-state index contributed by atoms with van der Waals surface area (Å²) in [6, 6.07) is 10.00. The molecule has 0 saturated carbocycles. The first kappa shape index (κ1) is 11.8. The van der Waals surface area contributed by atoms with Crippen LogP contribution in [0.3, 0.4) is 0 Å². The molecule has 4 nitrogen and oxygen atoms in total. The summed E-state index contributed by atoms with van der Waals surface area (Å²) in [6.07, 6.45) is 0. The highest BCUT2D eigenvalue weighted by molar-refractivity contribution is 7.09. The van der Waals surface area contributed by atoms with Crippen molar-refractivity contribution in [3.05, 3.63) is 40.7 Å². The number of carbonyl (C=O) groups excluding carboxylic acids is 1. The molecule has 0 aliphatic carbocycles. The van der Waals surface area contributed by atoms with Crippen molar-refractivity contribution in [3.8, 4) is 11.3 Å². The molecule has 1 aromatic carbocycles. The lowest BCUT2D eigenvalue weighted by atomic mass is 10.2. The van der Waals surface area contributed by atoms with E-state index in [1.54, 1.807) is 11.3 Å². The number of thiazole rings is 1. The summed E-state index contributed by atoms with van der Waals surface area (Å²) in [5, 5.41) is 5.90. The molecule has 0 spiro atoms. The lowest BCUT2D eigenvalue weighted by Crippen LogP contribution is -2.27. The number of carbonyl (C=O) groups is 1. The van der Waals surface area contributed by atoms with Crippen LogP contribution >= 0.6 is 11.3 Å². The molecule has 2 rings (SSSR count). The summed E-state index contributed by atoms with van der Waals surface area (Å²) in [5.41, 5.74) is 7.10. The van der Waals surface area contributed by atoms with Gasteiger partial charge < -0.3 is 11.1 Å². The molecule has 0 bridgehead atoms. The van der Waals surface area contributed by atoms with Gasteiger partial charge in [0.25, 0.3) is 0 Å². The van der Waals surface area contributed by atoms with Crippen LogP contribution in [0.2, 0.25) is 0 Å². The van der Waals surface area contributed by atoms with E-state index in [0.29, 0.717) is 6.54 Å². The fraction of sp³-hybridized carbons (Fsp3) is 0.167. The van der Waals surface area contributed by atoms with Crippen LogP contribution in [0.4, 0.5) is 0 Å². The minimum absolute atomic E-state index is 0.181. The van der Waals surface area contributed by atoms with Crippen molar-refractivity contribution in [1.82, 2.24) is 10.3 Å². The van der Waals surface area contributed by atoms with Crippen LogP contribution < -0.4 is 11.1 Å². The summed E-state index contributed by atoms with van der Waals surface area (Å²) < 4.78 is 0. The van der Waals surface area contributed by atoms with Crippen molar-refractivity contribution >= 4 is 17.2 Å². The van der Waals surface area contributed by atoms with Gasteiger partial charge in [-0.1, -0.05) is 30.3 Å². The second kappa shape index (κ2) is 5.56. The van der Waals surface area contributed by atoms with Crippen molar-refractivity contribution in [2.24, 2.45) is 5.73 Å². The summed E-state index contributed by atoms with van der Waals surface area (Å²) in [6.45, 7) is 0.751. The molecular weight excluding hydrogens is 234 g/mol. The first-order chi connectivity index (χ1) is 8.25. The van der Waals surface area contributed by atoms with E-state index in [2.05, 4.69) is 10.3 Å². The van der Waals surface area contributed by atoms with E-state index in [4.69, 9.17) is 5.73 Å².